The summed E-state index contributed by atoms with van der Waals surface area (Å²) < 4.78 is 25.7. The topological polar surface area (TPSA) is 57.7 Å². The SMILES string of the molecule is C=CCN1C(=O)CC[C@]12CCCN(S(C)(=O)=O)[C@H]2CC. The average molecular weight is 300 g/mol. The molecular weight excluding hydrogens is 276 g/mol. The number of sulfonamides is 1. The van der Waals surface area contributed by atoms with Crippen LogP contribution in [0.5, 0.6) is 0 Å². The van der Waals surface area contributed by atoms with Crippen LogP contribution in [-0.2, 0) is 14.8 Å². The summed E-state index contributed by atoms with van der Waals surface area (Å²) in [6.07, 6.45) is 6.70. The highest BCUT2D eigenvalue weighted by molar-refractivity contribution is 7.88. The summed E-state index contributed by atoms with van der Waals surface area (Å²) in [4.78, 5) is 14.0. The summed E-state index contributed by atoms with van der Waals surface area (Å²) in [7, 11) is -3.24. The van der Waals surface area contributed by atoms with Gasteiger partial charge in [-0.1, -0.05) is 13.0 Å². The third kappa shape index (κ3) is 2.39. The first-order valence-corrected chi connectivity index (χ1v) is 9.10. The summed E-state index contributed by atoms with van der Waals surface area (Å²) in [5.41, 5.74) is -0.332. The zero-order valence-electron chi connectivity index (χ0n) is 12.3. The van der Waals surface area contributed by atoms with Gasteiger partial charge in [0.25, 0.3) is 0 Å². The summed E-state index contributed by atoms with van der Waals surface area (Å²) >= 11 is 0. The van der Waals surface area contributed by atoms with Gasteiger partial charge in [-0.15, -0.1) is 6.58 Å². The Bertz CT molecular complexity index is 503. The van der Waals surface area contributed by atoms with Crippen molar-refractivity contribution < 1.29 is 13.2 Å². The van der Waals surface area contributed by atoms with Crippen molar-refractivity contribution >= 4 is 15.9 Å². The highest BCUT2D eigenvalue weighted by Crippen LogP contribution is 2.43. The molecule has 0 unspecified atom stereocenters. The van der Waals surface area contributed by atoms with Crippen LogP contribution in [-0.4, -0.2) is 54.5 Å². The number of piperidine rings is 1. The Labute approximate surface area is 121 Å². The maximum Gasteiger partial charge on any atom is 0.223 e. The first kappa shape index (κ1) is 15.5. The van der Waals surface area contributed by atoms with E-state index in [9.17, 15) is 13.2 Å². The van der Waals surface area contributed by atoms with Gasteiger partial charge in [-0.05, 0) is 25.7 Å². The lowest BCUT2D eigenvalue weighted by Crippen LogP contribution is -2.64. The molecule has 0 aliphatic carbocycles. The van der Waals surface area contributed by atoms with Gasteiger partial charge in [-0.3, -0.25) is 4.79 Å². The van der Waals surface area contributed by atoms with Crippen molar-refractivity contribution in [2.75, 3.05) is 19.3 Å². The normalized spacial score (nSPS) is 32.0. The molecule has 0 aromatic rings. The van der Waals surface area contributed by atoms with Crippen LogP contribution in [0.2, 0.25) is 0 Å². The van der Waals surface area contributed by atoms with Crippen molar-refractivity contribution in [3.8, 4) is 0 Å². The molecule has 1 spiro atoms. The summed E-state index contributed by atoms with van der Waals surface area (Å²) in [5.74, 6) is 0.124. The lowest BCUT2D eigenvalue weighted by atomic mass is 9.78. The molecule has 1 amide bonds. The van der Waals surface area contributed by atoms with E-state index in [0.717, 1.165) is 25.7 Å². The maximum absolute atomic E-state index is 12.2. The van der Waals surface area contributed by atoms with Gasteiger partial charge in [0.1, 0.15) is 0 Å². The Morgan fingerprint density at radius 1 is 1.45 bits per heavy atom. The van der Waals surface area contributed by atoms with Gasteiger partial charge in [0, 0.05) is 25.6 Å². The Morgan fingerprint density at radius 2 is 2.15 bits per heavy atom. The second-order valence-electron chi connectivity index (χ2n) is 5.80. The number of likely N-dealkylation sites (tertiary alicyclic amines) is 1. The van der Waals surface area contributed by atoms with E-state index < -0.39 is 10.0 Å². The van der Waals surface area contributed by atoms with Crippen LogP contribution in [0.15, 0.2) is 12.7 Å². The number of carbonyl (C=O) groups excluding carboxylic acids is 1. The Kier molecular flexibility index (Phi) is 4.25. The molecule has 20 heavy (non-hydrogen) atoms. The van der Waals surface area contributed by atoms with Crippen LogP contribution < -0.4 is 0 Å². The molecule has 0 saturated carbocycles. The largest absolute Gasteiger partial charge is 0.332 e. The van der Waals surface area contributed by atoms with E-state index in [1.165, 1.54) is 6.26 Å². The van der Waals surface area contributed by atoms with Gasteiger partial charge in [0.15, 0.2) is 0 Å². The molecule has 114 valence electrons. The lowest BCUT2D eigenvalue weighted by molar-refractivity contribution is -0.133. The molecule has 0 radical (unpaired) electrons. The fourth-order valence-corrected chi connectivity index (χ4v) is 5.24. The molecule has 2 rings (SSSR count). The van der Waals surface area contributed by atoms with Gasteiger partial charge in [0.05, 0.1) is 11.8 Å². The van der Waals surface area contributed by atoms with Crippen molar-refractivity contribution in [2.45, 2.75) is 50.6 Å². The average Bonchev–Trinajstić information content (AvgIpc) is 2.68. The molecule has 2 saturated heterocycles. The Morgan fingerprint density at radius 3 is 2.70 bits per heavy atom. The molecule has 5 nitrogen and oxygen atoms in total. The molecule has 0 aromatic carbocycles. The van der Waals surface area contributed by atoms with Crippen LogP contribution >= 0.6 is 0 Å². The van der Waals surface area contributed by atoms with E-state index in [2.05, 4.69) is 6.58 Å². The van der Waals surface area contributed by atoms with Crippen molar-refractivity contribution in [3.05, 3.63) is 12.7 Å². The molecule has 2 atom stereocenters. The lowest BCUT2D eigenvalue weighted by Gasteiger charge is -2.51. The predicted octanol–water partition coefficient (Wildman–Crippen LogP) is 1.37. The van der Waals surface area contributed by atoms with E-state index >= 15 is 0 Å². The molecule has 2 aliphatic heterocycles. The molecule has 0 aromatic heterocycles. The molecule has 2 fully saturated rings. The van der Waals surface area contributed by atoms with Gasteiger partial charge >= 0.3 is 0 Å². The minimum absolute atomic E-state index is 0.113. The van der Waals surface area contributed by atoms with Crippen molar-refractivity contribution in [2.24, 2.45) is 0 Å². The number of hydrogen-bond acceptors (Lipinski definition) is 3. The van der Waals surface area contributed by atoms with E-state index in [0.29, 0.717) is 19.5 Å². The molecule has 0 bridgehead atoms. The second kappa shape index (κ2) is 5.48. The van der Waals surface area contributed by atoms with Crippen LogP contribution in [0.4, 0.5) is 0 Å². The molecular formula is C14H24N2O3S. The first-order chi connectivity index (χ1) is 9.36. The highest BCUT2D eigenvalue weighted by Gasteiger charge is 2.54. The van der Waals surface area contributed by atoms with Crippen LogP contribution in [0.1, 0.15) is 39.0 Å². The Balaban J connectivity index is 2.42. The third-order valence-corrected chi connectivity index (χ3v) is 5.98. The number of amides is 1. The van der Waals surface area contributed by atoms with E-state index in [1.807, 2.05) is 11.8 Å². The number of hydrogen-bond donors (Lipinski definition) is 0. The van der Waals surface area contributed by atoms with Crippen molar-refractivity contribution in [1.29, 1.82) is 0 Å². The smallest absolute Gasteiger partial charge is 0.223 e. The van der Waals surface area contributed by atoms with Gasteiger partial charge in [0.2, 0.25) is 15.9 Å². The standard InChI is InChI=1S/C14H24N2O3S/c1-4-10-15-13(17)7-9-14(15)8-6-11-16(12(14)5-2)20(3,18)19/h4,12H,1,5-11H2,2-3H3/t12-,14-/m0/s1. The monoisotopic (exact) mass is 300 g/mol. The predicted molar refractivity (Wildman–Crippen MR) is 78.7 cm³/mol. The fraction of sp³-hybridized carbons (Fsp3) is 0.786. The summed E-state index contributed by atoms with van der Waals surface area (Å²) in [6.45, 7) is 6.81. The number of carbonyl (C=O) groups is 1. The zero-order valence-corrected chi connectivity index (χ0v) is 13.2. The highest BCUT2D eigenvalue weighted by atomic mass is 32.2. The molecule has 6 heteroatoms. The molecule has 2 aliphatic rings. The number of rotatable bonds is 4. The molecule has 0 N–H and O–H groups in total. The Hall–Kier alpha value is -0.880. The second-order valence-corrected chi connectivity index (χ2v) is 7.73. The quantitative estimate of drug-likeness (QED) is 0.737. The first-order valence-electron chi connectivity index (χ1n) is 7.25. The number of nitrogens with zero attached hydrogens (tertiary/aromatic N) is 2. The van der Waals surface area contributed by atoms with Crippen molar-refractivity contribution in [3.63, 3.8) is 0 Å². The van der Waals surface area contributed by atoms with E-state index in [4.69, 9.17) is 0 Å². The van der Waals surface area contributed by atoms with E-state index in [-0.39, 0.29) is 17.5 Å². The fourth-order valence-electron chi connectivity index (χ4n) is 3.97. The zero-order chi connectivity index (χ0) is 15.0. The van der Waals surface area contributed by atoms with Crippen LogP contribution in [0.25, 0.3) is 0 Å². The van der Waals surface area contributed by atoms with E-state index in [1.54, 1.807) is 10.4 Å². The maximum atomic E-state index is 12.2. The van der Waals surface area contributed by atoms with Gasteiger partial charge < -0.3 is 4.90 Å². The molecule has 2 heterocycles. The van der Waals surface area contributed by atoms with Crippen LogP contribution in [0, 0.1) is 0 Å². The van der Waals surface area contributed by atoms with Crippen molar-refractivity contribution in [1.82, 2.24) is 9.21 Å². The van der Waals surface area contributed by atoms with Gasteiger partial charge in [-0.25, -0.2) is 8.42 Å². The van der Waals surface area contributed by atoms with Gasteiger partial charge in [-0.2, -0.15) is 4.31 Å². The third-order valence-electron chi connectivity index (χ3n) is 4.69. The van der Waals surface area contributed by atoms with Crippen LogP contribution in [0.3, 0.4) is 0 Å². The summed E-state index contributed by atoms with van der Waals surface area (Å²) in [5, 5.41) is 0. The minimum Gasteiger partial charge on any atom is -0.332 e. The summed E-state index contributed by atoms with van der Waals surface area (Å²) in [6, 6.07) is -0.113. The minimum atomic E-state index is -3.24.